The van der Waals surface area contributed by atoms with Gasteiger partial charge in [-0.15, -0.1) is 0 Å². The van der Waals surface area contributed by atoms with Crippen LogP contribution in [0.4, 0.5) is 5.69 Å². The molecule has 0 aromatic heterocycles. The maximum absolute atomic E-state index is 14.3. The number of anilines is 1. The lowest BCUT2D eigenvalue weighted by Gasteiger charge is -2.46. The Morgan fingerprint density at radius 2 is 0.816 bits per heavy atom. The van der Waals surface area contributed by atoms with E-state index in [1.165, 1.54) is 4.90 Å². The van der Waals surface area contributed by atoms with Crippen molar-refractivity contribution in [1.29, 1.82) is 0 Å². The lowest BCUT2D eigenvalue weighted by molar-refractivity contribution is -0.122. The number of carbonyl (C=O) groups excluding carboxylic acids is 6. The van der Waals surface area contributed by atoms with Crippen LogP contribution in [-0.2, 0) is 19.1 Å². The van der Waals surface area contributed by atoms with Crippen LogP contribution in [0.15, 0.2) is 103 Å². The molecule has 3 aliphatic heterocycles. The number of imide groups is 1. The molecule has 1 saturated heterocycles. The quantitative estimate of drug-likeness (QED) is 0.133. The van der Waals surface area contributed by atoms with E-state index in [1.807, 2.05) is 42.5 Å². The number of benzene rings is 5. The van der Waals surface area contributed by atoms with Gasteiger partial charge in [0.1, 0.15) is 0 Å². The van der Waals surface area contributed by atoms with E-state index in [0.717, 1.165) is 44.5 Å². The van der Waals surface area contributed by atoms with Gasteiger partial charge in [-0.3, -0.25) is 9.59 Å². The molecule has 2 bridgehead atoms. The average molecular weight is 644 g/mol. The second kappa shape index (κ2) is 9.54. The van der Waals surface area contributed by atoms with Gasteiger partial charge in [0.25, 0.3) is 0 Å². The summed E-state index contributed by atoms with van der Waals surface area (Å²) in [5, 5.41) is 0. The van der Waals surface area contributed by atoms with E-state index in [0.29, 0.717) is 5.69 Å². The molecule has 9 heteroatoms. The highest BCUT2D eigenvalue weighted by Crippen LogP contribution is 2.62. The van der Waals surface area contributed by atoms with Crippen molar-refractivity contribution in [3.63, 3.8) is 0 Å². The van der Waals surface area contributed by atoms with E-state index >= 15 is 0 Å². The Morgan fingerprint density at radius 1 is 0.408 bits per heavy atom. The highest BCUT2D eigenvalue weighted by Gasteiger charge is 2.62. The number of hydrogen-bond donors (Lipinski definition) is 0. The maximum atomic E-state index is 14.3. The number of cyclic esters (lactones) is 4. The summed E-state index contributed by atoms with van der Waals surface area (Å²) in [6.07, 6.45) is 0. The molecule has 49 heavy (non-hydrogen) atoms. The average Bonchev–Trinajstić information content (AvgIpc) is 3.69. The van der Waals surface area contributed by atoms with Crippen LogP contribution in [0.1, 0.15) is 75.5 Å². The van der Waals surface area contributed by atoms with Crippen molar-refractivity contribution < 1.29 is 38.2 Å². The van der Waals surface area contributed by atoms with Crippen LogP contribution in [0.3, 0.4) is 0 Å². The molecule has 0 N–H and O–H groups in total. The van der Waals surface area contributed by atoms with Crippen molar-refractivity contribution in [3.8, 4) is 22.3 Å². The Balaban J connectivity index is 1.13. The van der Waals surface area contributed by atoms with E-state index < -0.39 is 47.5 Å². The fraction of sp³-hybridized carbons (Fsp3) is 0.100. The molecule has 4 atom stereocenters. The molecule has 0 saturated carbocycles. The zero-order chi connectivity index (χ0) is 33.3. The first kappa shape index (κ1) is 27.6. The first-order chi connectivity index (χ1) is 23.8. The van der Waals surface area contributed by atoms with Gasteiger partial charge < -0.3 is 9.47 Å². The summed E-state index contributed by atoms with van der Waals surface area (Å²) in [6, 6.07) is 30.9. The molecule has 6 aliphatic rings. The van der Waals surface area contributed by atoms with Crippen LogP contribution in [0.25, 0.3) is 22.3 Å². The van der Waals surface area contributed by atoms with Gasteiger partial charge in [-0.1, -0.05) is 66.7 Å². The van der Waals surface area contributed by atoms with E-state index in [4.69, 9.17) is 9.47 Å². The van der Waals surface area contributed by atoms with E-state index in [9.17, 15) is 28.8 Å². The molecule has 5 aromatic carbocycles. The fourth-order valence-electron chi connectivity index (χ4n) is 8.50. The van der Waals surface area contributed by atoms with Gasteiger partial charge in [-0.25, -0.2) is 24.1 Å². The maximum Gasteiger partial charge on any atom is 0.346 e. The summed E-state index contributed by atoms with van der Waals surface area (Å²) >= 11 is 0. The van der Waals surface area contributed by atoms with Crippen molar-refractivity contribution in [2.75, 3.05) is 4.90 Å². The Morgan fingerprint density at radius 3 is 1.29 bits per heavy atom. The first-order valence-corrected chi connectivity index (χ1v) is 15.8. The number of ether oxygens (including phenoxy) is 2. The molecular formula is C40H21NO8. The third-order valence-corrected chi connectivity index (χ3v) is 10.6. The second-order valence-corrected chi connectivity index (χ2v) is 12.9. The van der Waals surface area contributed by atoms with Gasteiger partial charge in [-0.05, 0) is 80.9 Å². The highest BCUT2D eigenvalue weighted by atomic mass is 16.6. The number of fused-ring (bicyclic) bond motifs is 2. The first-order valence-electron chi connectivity index (χ1n) is 15.8. The minimum absolute atomic E-state index is 0.207. The smallest absolute Gasteiger partial charge is 0.346 e. The number of amides is 2. The topological polar surface area (TPSA) is 124 Å². The monoisotopic (exact) mass is 643 g/mol. The van der Waals surface area contributed by atoms with E-state index in [2.05, 4.69) is 0 Å². The molecule has 2 amide bonds. The molecule has 4 unspecified atom stereocenters. The summed E-state index contributed by atoms with van der Waals surface area (Å²) in [6.45, 7) is 0. The molecule has 1 fully saturated rings. The summed E-state index contributed by atoms with van der Waals surface area (Å²) in [7, 11) is 0. The number of esters is 4. The third-order valence-electron chi connectivity index (χ3n) is 10.6. The van der Waals surface area contributed by atoms with Crippen LogP contribution in [-0.4, -0.2) is 35.7 Å². The van der Waals surface area contributed by atoms with Gasteiger partial charge in [0.15, 0.2) is 0 Å². The predicted molar refractivity (Wildman–Crippen MR) is 173 cm³/mol. The van der Waals surface area contributed by atoms with E-state index in [1.54, 1.807) is 60.7 Å². The number of nitrogens with zero attached hydrogens (tertiary/aromatic N) is 1. The molecule has 234 valence electrons. The Bertz CT molecular complexity index is 2300. The van der Waals surface area contributed by atoms with Crippen molar-refractivity contribution in [2.45, 2.75) is 11.8 Å². The fourth-order valence-corrected chi connectivity index (χ4v) is 8.50. The minimum Gasteiger partial charge on any atom is -0.386 e. The Labute approximate surface area is 277 Å². The standard InChI is InChI=1S/C40H21NO8/c42-35-33-31-23-10-6-18(20-8-12-25-29(16-20)39(46)48-37(25)44)14-27(23)32(34(33)36(43)41(35)22-4-2-1-3-5-22)24-11-7-19(15-28(24)31)21-9-13-26-30(17-21)40(47)49-38(26)45/h1-17,31-34H. The zero-order valence-electron chi connectivity index (χ0n) is 25.3. The number of carbonyl (C=O) groups is 6. The van der Waals surface area contributed by atoms with Crippen LogP contribution in [0.5, 0.6) is 0 Å². The van der Waals surface area contributed by atoms with Crippen molar-refractivity contribution in [3.05, 3.63) is 148 Å². The largest absolute Gasteiger partial charge is 0.386 e. The summed E-state index contributed by atoms with van der Waals surface area (Å²) in [4.78, 5) is 78.7. The van der Waals surface area contributed by atoms with Crippen LogP contribution in [0.2, 0.25) is 0 Å². The highest BCUT2D eigenvalue weighted by molar-refractivity contribution is 6.23. The normalized spacial score (nSPS) is 22.4. The lowest BCUT2D eigenvalue weighted by atomic mass is 9.54. The number of para-hydroxylation sites is 1. The van der Waals surface area contributed by atoms with Gasteiger partial charge in [0.05, 0.1) is 39.8 Å². The second-order valence-electron chi connectivity index (χ2n) is 12.9. The van der Waals surface area contributed by atoms with Crippen molar-refractivity contribution in [1.82, 2.24) is 0 Å². The molecule has 9 nitrogen and oxygen atoms in total. The molecule has 0 radical (unpaired) electrons. The summed E-state index contributed by atoms with van der Waals surface area (Å²) < 4.78 is 9.58. The summed E-state index contributed by atoms with van der Waals surface area (Å²) in [5.41, 5.74) is 8.16. The molecular weight excluding hydrogens is 622 g/mol. The van der Waals surface area contributed by atoms with Gasteiger partial charge >= 0.3 is 23.9 Å². The minimum atomic E-state index is -0.686. The number of hydrogen-bond acceptors (Lipinski definition) is 8. The molecule has 3 aliphatic carbocycles. The molecule has 11 rings (SSSR count). The van der Waals surface area contributed by atoms with Gasteiger partial charge in [-0.2, -0.15) is 0 Å². The third kappa shape index (κ3) is 3.64. The Kier molecular flexibility index (Phi) is 5.38. The lowest BCUT2D eigenvalue weighted by Crippen LogP contribution is -2.41. The number of rotatable bonds is 3. The van der Waals surface area contributed by atoms with Crippen molar-refractivity contribution >= 4 is 41.4 Å². The Hall–Kier alpha value is -6.48. The van der Waals surface area contributed by atoms with Crippen LogP contribution >= 0.6 is 0 Å². The van der Waals surface area contributed by atoms with Crippen molar-refractivity contribution in [2.24, 2.45) is 11.8 Å². The SMILES string of the molecule is O=C1OC(=O)c2cc(-c3ccc4c(c3)C3c5ccc(-c6ccc7c(c6)C(=O)OC7=O)cc5C4C4C(=O)N(c5ccccc5)C(=O)C34)ccc21. The van der Waals surface area contributed by atoms with E-state index in [-0.39, 0.29) is 34.1 Å². The predicted octanol–water partition coefficient (Wildman–Crippen LogP) is 6.04. The van der Waals surface area contributed by atoms with Crippen LogP contribution in [0, 0.1) is 11.8 Å². The molecule has 0 spiro atoms. The van der Waals surface area contributed by atoms with Gasteiger partial charge in [0, 0.05) is 11.8 Å². The summed E-state index contributed by atoms with van der Waals surface area (Å²) in [5.74, 6) is -5.34. The molecule has 3 heterocycles. The van der Waals surface area contributed by atoms with Gasteiger partial charge in [0.2, 0.25) is 11.8 Å². The molecule has 5 aromatic rings. The van der Waals surface area contributed by atoms with Crippen LogP contribution < -0.4 is 4.90 Å². The zero-order valence-corrected chi connectivity index (χ0v) is 25.3.